The minimum Gasteiger partial charge on any atom is -0.334 e. The summed E-state index contributed by atoms with van der Waals surface area (Å²) >= 11 is 0. The third-order valence-corrected chi connectivity index (χ3v) is 6.13. The molecule has 5 amide bonds. The Morgan fingerprint density at radius 1 is 1.03 bits per heavy atom. The highest BCUT2D eigenvalue weighted by atomic mass is 16.2. The molecule has 2 unspecified atom stereocenters. The van der Waals surface area contributed by atoms with Crippen LogP contribution >= 0.6 is 0 Å². The van der Waals surface area contributed by atoms with E-state index in [9.17, 15) is 14.4 Å². The number of urea groups is 2. The van der Waals surface area contributed by atoms with Crippen molar-refractivity contribution in [3.8, 4) is 0 Å². The molecule has 2 fully saturated rings. The van der Waals surface area contributed by atoms with Crippen LogP contribution in [0.2, 0.25) is 0 Å². The molecule has 4 rings (SSSR count). The zero-order valence-electron chi connectivity index (χ0n) is 18.9. The van der Waals surface area contributed by atoms with E-state index in [0.717, 1.165) is 30.1 Å². The summed E-state index contributed by atoms with van der Waals surface area (Å²) in [7, 11) is 0. The first-order valence-corrected chi connectivity index (χ1v) is 11.5. The van der Waals surface area contributed by atoms with Gasteiger partial charge in [0.1, 0.15) is 6.04 Å². The van der Waals surface area contributed by atoms with Gasteiger partial charge in [0.2, 0.25) is 0 Å². The quantitative estimate of drug-likeness (QED) is 0.488. The Kier molecular flexibility index (Phi) is 7.24. The first-order chi connectivity index (χ1) is 15.9. The van der Waals surface area contributed by atoms with Crippen LogP contribution in [0.5, 0.6) is 0 Å². The number of carbonyl (C=O) groups is 3. The van der Waals surface area contributed by atoms with Gasteiger partial charge in [0.05, 0.1) is 0 Å². The molecule has 2 saturated heterocycles. The Morgan fingerprint density at radius 3 is 2.39 bits per heavy atom. The van der Waals surface area contributed by atoms with Crippen molar-refractivity contribution in [3.63, 3.8) is 0 Å². The first kappa shape index (κ1) is 22.8. The summed E-state index contributed by atoms with van der Waals surface area (Å²) in [4.78, 5) is 37.6. The van der Waals surface area contributed by atoms with Crippen LogP contribution in [0.1, 0.15) is 36.5 Å². The van der Waals surface area contributed by atoms with E-state index in [1.54, 1.807) is 12.1 Å². The number of imide groups is 1. The largest absolute Gasteiger partial charge is 0.334 e. The maximum absolute atomic E-state index is 12.3. The maximum Gasteiger partial charge on any atom is 0.322 e. The SMILES string of the molecule is CC1CCCN(Cc2ccc(CNC(=O)Nc3ccc(CC4NC(=O)NC4=O)cc3)cc2)C1. The van der Waals surface area contributed by atoms with Gasteiger partial charge in [-0.2, -0.15) is 0 Å². The molecule has 4 N–H and O–H groups in total. The van der Waals surface area contributed by atoms with Gasteiger partial charge in [-0.1, -0.05) is 43.3 Å². The average Bonchev–Trinajstić information content (AvgIpc) is 3.11. The Morgan fingerprint density at radius 2 is 1.73 bits per heavy atom. The number of amides is 5. The van der Waals surface area contributed by atoms with E-state index in [1.165, 1.54) is 24.9 Å². The molecule has 0 saturated carbocycles. The number of hydrogen-bond acceptors (Lipinski definition) is 4. The number of carbonyl (C=O) groups excluding carboxylic acids is 3. The predicted molar refractivity (Wildman–Crippen MR) is 127 cm³/mol. The predicted octanol–water partition coefficient (Wildman–Crippen LogP) is 2.99. The number of piperidine rings is 1. The number of rotatable bonds is 7. The third-order valence-electron chi connectivity index (χ3n) is 6.13. The number of hydrogen-bond donors (Lipinski definition) is 4. The lowest BCUT2D eigenvalue weighted by Crippen LogP contribution is -2.33. The third kappa shape index (κ3) is 6.55. The second kappa shape index (κ2) is 10.5. The van der Waals surface area contributed by atoms with Gasteiger partial charge >= 0.3 is 12.1 Å². The molecule has 2 atom stereocenters. The first-order valence-electron chi connectivity index (χ1n) is 11.5. The highest BCUT2D eigenvalue weighted by Gasteiger charge is 2.29. The molecule has 0 bridgehead atoms. The Bertz CT molecular complexity index is 990. The molecule has 2 heterocycles. The van der Waals surface area contributed by atoms with Crippen molar-refractivity contribution in [3.05, 3.63) is 65.2 Å². The average molecular weight is 450 g/mol. The molecule has 2 aliphatic rings. The maximum atomic E-state index is 12.3. The fourth-order valence-corrected chi connectivity index (χ4v) is 4.37. The van der Waals surface area contributed by atoms with Crippen LogP contribution in [-0.2, 0) is 24.3 Å². The molecule has 0 spiro atoms. The smallest absolute Gasteiger partial charge is 0.322 e. The lowest BCUT2D eigenvalue weighted by molar-refractivity contribution is -0.120. The lowest BCUT2D eigenvalue weighted by Gasteiger charge is -2.30. The standard InChI is InChI=1S/C25H31N5O3/c1-17-3-2-12-30(15-17)16-20-6-4-19(5-7-20)14-26-24(32)27-21-10-8-18(9-11-21)13-22-23(31)29-25(33)28-22/h4-11,17,22H,2-3,12-16H2,1H3,(H2,26,27,32)(H2,28,29,31,33). The van der Waals surface area contributed by atoms with Crippen molar-refractivity contribution in [2.45, 2.75) is 45.3 Å². The van der Waals surface area contributed by atoms with E-state index in [-0.39, 0.29) is 11.9 Å². The second-order valence-electron chi connectivity index (χ2n) is 9.02. The summed E-state index contributed by atoms with van der Waals surface area (Å²) in [5.41, 5.74) is 3.89. The molecule has 0 aromatic heterocycles. The summed E-state index contributed by atoms with van der Waals surface area (Å²) in [5, 5.41) is 10.5. The van der Waals surface area contributed by atoms with E-state index in [1.807, 2.05) is 12.1 Å². The minimum absolute atomic E-state index is 0.281. The van der Waals surface area contributed by atoms with E-state index in [2.05, 4.69) is 57.4 Å². The van der Waals surface area contributed by atoms with Gasteiger partial charge in [-0.05, 0) is 54.1 Å². The Balaban J connectivity index is 1.20. The highest BCUT2D eigenvalue weighted by Crippen LogP contribution is 2.18. The molecule has 0 radical (unpaired) electrons. The van der Waals surface area contributed by atoms with Crippen molar-refractivity contribution < 1.29 is 14.4 Å². The number of anilines is 1. The van der Waals surface area contributed by atoms with Crippen LogP contribution in [0.25, 0.3) is 0 Å². The van der Waals surface area contributed by atoms with Gasteiger partial charge in [0.15, 0.2) is 0 Å². The summed E-state index contributed by atoms with van der Waals surface area (Å²) in [6, 6.07) is 14.3. The lowest BCUT2D eigenvalue weighted by atomic mass is 9.99. The summed E-state index contributed by atoms with van der Waals surface area (Å²) < 4.78 is 0. The van der Waals surface area contributed by atoms with Crippen LogP contribution in [0.15, 0.2) is 48.5 Å². The van der Waals surface area contributed by atoms with E-state index >= 15 is 0 Å². The zero-order chi connectivity index (χ0) is 23.2. The normalized spacial score (nSPS) is 20.8. The van der Waals surface area contributed by atoms with Crippen molar-refractivity contribution in [1.29, 1.82) is 0 Å². The fraction of sp³-hybridized carbons (Fsp3) is 0.400. The Labute approximate surface area is 194 Å². The van der Waals surface area contributed by atoms with Gasteiger partial charge in [0, 0.05) is 31.7 Å². The molecule has 2 aromatic rings. The van der Waals surface area contributed by atoms with Crippen LogP contribution in [0, 0.1) is 5.92 Å². The van der Waals surface area contributed by atoms with Gasteiger partial charge in [-0.15, -0.1) is 0 Å². The number of likely N-dealkylation sites (tertiary alicyclic amines) is 1. The fourth-order valence-electron chi connectivity index (χ4n) is 4.37. The van der Waals surface area contributed by atoms with Gasteiger partial charge in [-0.25, -0.2) is 9.59 Å². The summed E-state index contributed by atoms with van der Waals surface area (Å²) in [6.45, 7) is 6.07. The van der Waals surface area contributed by atoms with Gasteiger partial charge < -0.3 is 16.0 Å². The van der Waals surface area contributed by atoms with Crippen molar-refractivity contribution >= 4 is 23.7 Å². The second-order valence-corrected chi connectivity index (χ2v) is 9.02. The number of benzene rings is 2. The molecule has 2 aliphatic heterocycles. The van der Waals surface area contributed by atoms with E-state index < -0.39 is 12.1 Å². The van der Waals surface area contributed by atoms with Crippen LogP contribution < -0.4 is 21.3 Å². The number of nitrogens with zero attached hydrogens (tertiary/aromatic N) is 1. The zero-order valence-corrected chi connectivity index (χ0v) is 18.9. The highest BCUT2D eigenvalue weighted by molar-refractivity contribution is 6.04. The molecule has 0 aliphatic carbocycles. The van der Waals surface area contributed by atoms with Crippen molar-refractivity contribution in [1.82, 2.24) is 20.9 Å². The van der Waals surface area contributed by atoms with E-state index in [0.29, 0.717) is 18.7 Å². The molecule has 8 nitrogen and oxygen atoms in total. The van der Waals surface area contributed by atoms with Crippen LogP contribution in [0.4, 0.5) is 15.3 Å². The van der Waals surface area contributed by atoms with E-state index in [4.69, 9.17) is 0 Å². The topological polar surface area (TPSA) is 103 Å². The van der Waals surface area contributed by atoms with Gasteiger partial charge in [-0.3, -0.25) is 15.0 Å². The van der Waals surface area contributed by atoms with Crippen LogP contribution in [-0.4, -0.2) is 42.0 Å². The Hall–Kier alpha value is -3.39. The summed E-state index contributed by atoms with van der Waals surface area (Å²) in [5.74, 6) is 0.448. The molecule has 33 heavy (non-hydrogen) atoms. The minimum atomic E-state index is -0.561. The molecular formula is C25H31N5O3. The summed E-state index contributed by atoms with van der Waals surface area (Å²) in [6.07, 6.45) is 3.00. The number of nitrogens with one attached hydrogen (secondary N) is 4. The molecule has 2 aromatic carbocycles. The van der Waals surface area contributed by atoms with Crippen molar-refractivity contribution in [2.75, 3.05) is 18.4 Å². The van der Waals surface area contributed by atoms with Gasteiger partial charge in [0.25, 0.3) is 5.91 Å². The van der Waals surface area contributed by atoms with Crippen LogP contribution in [0.3, 0.4) is 0 Å². The monoisotopic (exact) mass is 449 g/mol. The molecular weight excluding hydrogens is 418 g/mol. The molecule has 174 valence electrons. The van der Waals surface area contributed by atoms with Crippen molar-refractivity contribution in [2.24, 2.45) is 5.92 Å². The molecule has 8 heteroatoms.